The van der Waals surface area contributed by atoms with Crippen LogP contribution in [0.5, 0.6) is 0 Å². The standard InChI is InChI=1S/C14H16F2N2O/c15-14(16)6-5-10(8-14)13(18-17)12-7-9-3-1-2-4-11(9)19-12/h1-4,7,10,13,18H,5-6,8,17H2. The van der Waals surface area contributed by atoms with E-state index in [4.69, 9.17) is 10.3 Å². The Morgan fingerprint density at radius 2 is 2.16 bits per heavy atom. The van der Waals surface area contributed by atoms with E-state index in [0.29, 0.717) is 12.2 Å². The number of fused-ring (bicyclic) bond motifs is 1. The third-order valence-corrected chi connectivity index (χ3v) is 3.84. The molecule has 1 aliphatic carbocycles. The van der Waals surface area contributed by atoms with E-state index in [0.717, 1.165) is 11.0 Å². The highest BCUT2D eigenvalue weighted by Crippen LogP contribution is 2.44. The molecule has 1 aromatic carbocycles. The van der Waals surface area contributed by atoms with Crippen LogP contribution in [-0.2, 0) is 0 Å². The maximum Gasteiger partial charge on any atom is 0.248 e. The van der Waals surface area contributed by atoms with Crippen molar-refractivity contribution in [2.24, 2.45) is 11.8 Å². The van der Waals surface area contributed by atoms with Gasteiger partial charge in [0, 0.05) is 18.2 Å². The number of hydrazine groups is 1. The summed E-state index contributed by atoms with van der Waals surface area (Å²) in [6.45, 7) is 0. The summed E-state index contributed by atoms with van der Waals surface area (Å²) in [6, 6.07) is 9.09. The zero-order valence-corrected chi connectivity index (χ0v) is 10.4. The highest BCUT2D eigenvalue weighted by atomic mass is 19.3. The molecular formula is C14H16F2N2O. The van der Waals surface area contributed by atoms with Crippen LogP contribution in [-0.4, -0.2) is 5.92 Å². The van der Waals surface area contributed by atoms with Gasteiger partial charge < -0.3 is 4.42 Å². The molecule has 0 amide bonds. The molecule has 19 heavy (non-hydrogen) atoms. The number of halogens is 2. The second kappa shape index (κ2) is 4.58. The van der Waals surface area contributed by atoms with Crippen molar-refractivity contribution in [3.63, 3.8) is 0 Å². The van der Waals surface area contributed by atoms with Crippen LogP contribution in [0, 0.1) is 5.92 Å². The predicted octanol–water partition coefficient (Wildman–Crippen LogP) is 3.37. The molecule has 1 heterocycles. The van der Waals surface area contributed by atoms with E-state index >= 15 is 0 Å². The second-order valence-corrected chi connectivity index (χ2v) is 5.19. The second-order valence-electron chi connectivity index (χ2n) is 5.19. The Morgan fingerprint density at radius 3 is 2.79 bits per heavy atom. The summed E-state index contributed by atoms with van der Waals surface area (Å²) in [5, 5.41) is 0.961. The summed E-state index contributed by atoms with van der Waals surface area (Å²) in [5.41, 5.74) is 3.38. The van der Waals surface area contributed by atoms with Crippen molar-refractivity contribution < 1.29 is 13.2 Å². The van der Waals surface area contributed by atoms with E-state index in [1.807, 2.05) is 30.3 Å². The average Bonchev–Trinajstić information content (AvgIpc) is 2.94. The first-order valence-corrected chi connectivity index (χ1v) is 6.41. The third-order valence-electron chi connectivity index (χ3n) is 3.84. The van der Waals surface area contributed by atoms with Gasteiger partial charge in [-0.15, -0.1) is 0 Å². The van der Waals surface area contributed by atoms with Crippen molar-refractivity contribution in [3.05, 3.63) is 36.1 Å². The summed E-state index contributed by atoms with van der Waals surface area (Å²) in [6.07, 6.45) is 0.244. The lowest BCUT2D eigenvalue weighted by atomic mass is 9.96. The zero-order chi connectivity index (χ0) is 13.5. The molecule has 2 aromatic rings. The molecule has 1 fully saturated rings. The van der Waals surface area contributed by atoms with Crippen LogP contribution in [0.25, 0.3) is 11.0 Å². The van der Waals surface area contributed by atoms with Crippen molar-refractivity contribution >= 4 is 11.0 Å². The Bertz CT molecular complexity index is 549. The number of alkyl halides is 2. The fraction of sp³-hybridized carbons (Fsp3) is 0.429. The van der Waals surface area contributed by atoms with Crippen molar-refractivity contribution in [1.82, 2.24) is 5.43 Å². The van der Waals surface area contributed by atoms with Crippen LogP contribution in [0.3, 0.4) is 0 Å². The molecule has 3 N–H and O–H groups in total. The van der Waals surface area contributed by atoms with Gasteiger partial charge in [-0.05, 0) is 24.5 Å². The molecule has 0 bridgehead atoms. The largest absolute Gasteiger partial charge is 0.459 e. The van der Waals surface area contributed by atoms with Crippen molar-refractivity contribution in [1.29, 1.82) is 0 Å². The first-order valence-electron chi connectivity index (χ1n) is 6.41. The SMILES string of the molecule is NNC(c1cc2ccccc2o1)C1CCC(F)(F)C1. The Labute approximate surface area is 109 Å². The Hall–Kier alpha value is -1.46. The van der Waals surface area contributed by atoms with E-state index in [1.54, 1.807) is 0 Å². The molecule has 0 radical (unpaired) electrons. The first kappa shape index (κ1) is 12.6. The molecule has 2 atom stereocenters. The minimum atomic E-state index is -2.58. The lowest BCUT2D eigenvalue weighted by Gasteiger charge is -2.20. The van der Waals surface area contributed by atoms with Crippen molar-refractivity contribution in [3.8, 4) is 0 Å². The molecule has 0 spiro atoms. The van der Waals surface area contributed by atoms with Gasteiger partial charge in [0.1, 0.15) is 11.3 Å². The third kappa shape index (κ3) is 2.35. The van der Waals surface area contributed by atoms with Crippen LogP contribution in [0.1, 0.15) is 31.1 Å². The number of hydrogen-bond acceptors (Lipinski definition) is 3. The highest BCUT2D eigenvalue weighted by molar-refractivity contribution is 5.77. The Kier molecular flexibility index (Phi) is 3.03. The van der Waals surface area contributed by atoms with E-state index in [1.165, 1.54) is 0 Å². The number of hydrogen-bond donors (Lipinski definition) is 2. The van der Waals surface area contributed by atoms with Crippen molar-refractivity contribution in [2.45, 2.75) is 31.2 Å². The number of para-hydroxylation sites is 1. The number of nitrogens with one attached hydrogen (secondary N) is 1. The van der Waals surface area contributed by atoms with Gasteiger partial charge in [-0.3, -0.25) is 5.84 Å². The summed E-state index contributed by atoms with van der Waals surface area (Å²) in [7, 11) is 0. The van der Waals surface area contributed by atoms with Gasteiger partial charge in [-0.2, -0.15) is 0 Å². The zero-order valence-electron chi connectivity index (χ0n) is 10.4. The van der Waals surface area contributed by atoms with Crippen LogP contribution >= 0.6 is 0 Å². The van der Waals surface area contributed by atoms with Gasteiger partial charge in [-0.25, -0.2) is 14.2 Å². The number of rotatable bonds is 3. The smallest absolute Gasteiger partial charge is 0.248 e. The number of nitrogens with two attached hydrogens (primary N) is 1. The average molecular weight is 266 g/mol. The fourth-order valence-electron chi connectivity index (χ4n) is 2.88. The Balaban J connectivity index is 1.90. The van der Waals surface area contributed by atoms with Crippen LogP contribution in [0.4, 0.5) is 8.78 Å². The molecule has 102 valence electrons. The summed E-state index contributed by atoms with van der Waals surface area (Å²) < 4.78 is 32.3. The lowest BCUT2D eigenvalue weighted by molar-refractivity contribution is 0.00294. The minimum absolute atomic E-state index is 0.0733. The lowest BCUT2D eigenvalue weighted by Crippen LogP contribution is -2.33. The summed E-state index contributed by atoms with van der Waals surface area (Å²) in [4.78, 5) is 0. The quantitative estimate of drug-likeness (QED) is 0.661. The number of benzene rings is 1. The number of furan rings is 1. The van der Waals surface area contributed by atoms with E-state index in [-0.39, 0.29) is 24.8 Å². The van der Waals surface area contributed by atoms with E-state index in [9.17, 15) is 8.78 Å². The Morgan fingerprint density at radius 1 is 1.37 bits per heavy atom. The maximum absolute atomic E-state index is 13.3. The summed E-state index contributed by atoms with van der Waals surface area (Å²) in [5.74, 6) is 3.40. The maximum atomic E-state index is 13.3. The molecule has 1 aromatic heterocycles. The normalized spacial score (nSPS) is 23.8. The van der Waals surface area contributed by atoms with Gasteiger partial charge in [0.25, 0.3) is 0 Å². The predicted molar refractivity (Wildman–Crippen MR) is 68.6 cm³/mol. The molecule has 2 unspecified atom stereocenters. The topological polar surface area (TPSA) is 51.2 Å². The van der Waals surface area contributed by atoms with Gasteiger partial charge in [0.05, 0.1) is 6.04 Å². The highest BCUT2D eigenvalue weighted by Gasteiger charge is 2.43. The van der Waals surface area contributed by atoms with Gasteiger partial charge in [0.15, 0.2) is 0 Å². The molecule has 0 saturated heterocycles. The molecule has 1 aliphatic rings. The fourth-order valence-corrected chi connectivity index (χ4v) is 2.88. The van der Waals surface area contributed by atoms with E-state index < -0.39 is 5.92 Å². The van der Waals surface area contributed by atoms with Crippen LogP contribution in [0.2, 0.25) is 0 Å². The van der Waals surface area contributed by atoms with Gasteiger partial charge in [0.2, 0.25) is 5.92 Å². The van der Waals surface area contributed by atoms with Crippen LogP contribution < -0.4 is 11.3 Å². The molecule has 1 saturated carbocycles. The van der Waals surface area contributed by atoms with Crippen LogP contribution in [0.15, 0.2) is 34.7 Å². The monoisotopic (exact) mass is 266 g/mol. The van der Waals surface area contributed by atoms with Gasteiger partial charge >= 0.3 is 0 Å². The molecule has 3 nitrogen and oxygen atoms in total. The molecule has 0 aliphatic heterocycles. The first-order chi connectivity index (χ1) is 9.09. The van der Waals surface area contributed by atoms with E-state index in [2.05, 4.69) is 5.43 Å². The van der Waals surface area contributed by atoms with Crippen molar-refractivity contribution in [2.75, 3.05) is 0 Å². The molecule has 5 heteroatoms. The summed E-state index contributed by atoms with van der Waals surface area (Å²) >= 11 is 0. The minimum Gasteiger partial charge on any atom is -0.459 e. The molecular weight excluding hydrogens is 250 g/mol. The molecule has 3 rings (SSSR count). The van der Waals surface area contributed by atoms with Gasteiger partial charge in [-0.1, -0.05) is 18.2 Å².